The van der Waals surface area contributed by atoms with Crippen LogP contribution >= 0.6 is 23.1 Å². The Morgan fingerprint density at radius 3 is 2.86 bits per heavy atom. The highest BCUT2D eigenvalue weighted by Crippen LogP contribution is 2.31. The van der Waals surface area contributed by atoms with Crippen LogP contribution in [0.25, 0.3) is 11.4 Å². The van der Waals surface area contributed by atoms with Crippen molar-refractivity contribution >= 4 is 23.1 Å². The van der Waals surface area contributed by atoms with Crippen LogP contribution in [0.5, 0.6) is 0 Å². The zero-order valence-corrected chi connectivity index (χ0v) is 15.6. The summed E-state index contributed by atoms with van der Waals surface area (Å²) in [6, 6.07) is 8.72. The Morgan fingerprint density at radius 1 is 1.18 bits per heavy atom. The number of benzene rings is 1. The van der Waals surface area contributed by atoms with Gasteiger partial charge in [0.15, 0.2) is 0 Å². The molecule has 0 atom stereocenters. The standard InChI is InChI=1S/C16H11F3N6OS2/c17-16(18,19)11-4-1-3-10(7-11)14-20-13(26-22-14)9-28-15-21-23-24-25(15)8-12-5-2-6-27-12/h1-7H,8-9H2. The smallest absolute Gasteiger partial charge is 0.338 e. The molecule has 3 heterocycles. The van der Waals surface area contributed by atoms with Gasteiger partial charge in [-0.05, 0) is 34.0 Å². The molecule has 3 aromatic heterocycles. The maximum absolute atomic E-state index is 12.9. The molecule has 7 nitrogen and oxygen atoms in total. The average Bonchev–Trinajstić information content (AvgIpc) is 3.42. The van der Waals surface area contributed by atoms with Crippen molar-refractivity contribution in [3.05, 3.63) is 58.1 Å². The van der Waals surface area contributed by atoms with E-state index in [1.54, 1.807) is 16.0 Å². The third-order valence-electron chi connectivity index (χ3n) is 3.63. The zero-order valence-electron chi connectivity index (χ0n) is 14.0. The van der Waals surface area contributed by atoms with Gasteiger partial charge in [0.2, 0.25) is 16.9 Å². The van der Waals surface area contributed by atoms with E-state index in [2.05, 4.69) is 25.7 Å². The Labute approximate surface area is 164 Å². The lowest BCUT2D eigenvalue weighted by Crippen LogP contribution is -2.04. The number of alkyl halides is 3. The van der Waals surface area contributed by atoms with Crippen molar-refractivity contribution in [1.29, 1.82) is 0 Å². The van der Waals surface area contributed by atoms with Gasteiger partial charge in [-0.2, -0.15) is 18.2 Å². The minimum atomic E-state index is -4.43. The van der Waals surface area contributed by atoms with E-state index in [0.29, 0.717) is 11.7 Å². The van der Waals surface area contributed by atoms with Gasteiger partial charge in [0, 0.05) is 10.4 Å². The molecule has 0 aliphatic carbocycles. The van der Waals surface area contributed by atoms with Crippen LogP contribution in [-0.4, -0.2) is 30.3 Å². The van der Waals surface area contributed by atoms with Crippen molar-refractivity contribution < 1.29 is 17.7 Å². The molecule has 0 bridgehead atoms. The van der Waals surface area contributed by atoms with Crippen molar-refractivity contribution in [3.63, 3.8) is 0 Å². The van der Waals surface area contributed by atoms with Gasteiger partial charge in [-0.25, -0.2) is 4.68 Å². The first-order valence-electron chi connectivity index (χ1n) is 7.90. The lowest BCUT2D eigenvalue weighted by Gasteiger charge is -2.06. The summed E-state index contributed by atoms with van der Waals surface area (Å²) in [5.41, 5.74) is -0.532. The zero-order chi connectivity index (χ0) is 19.6. The Balaban J connectivity index is 1.45. The molecule has 0 amide bonds. The summed E-state index contributed by atoms with van der Waals surface area (Å²) >= 11 is 2.90. The monoisotopic (exact) mass is 424 g/mol. The first-order chi connectivity index (χ1) is 13.5. The summed E-state index contributed by atoms with van der Waals surface area (Å²) in [6.45, 7) is 0.548. The molecular formula is C16H11F3N6OS2. The topological polar surface area (TPSA) is 82.5 Å². The van der Waals surface area contributed by atoms with Gasteiger partial charge in [-0.3, -0.25) is 0 Å². The summed E-state index contributed by atoms with van der Waals surface area (Å²) in [5.74, 6) is 0.652. The predicted octanol–water partition coefficient (Wildman–Crippen LogP) is 4.14. The quantitative estimate of drug-likeness (QED) is 0.430. The third-order valence-corrected chi connectivity index (χ3v) is 5.43. The molecule has 0 aliphatic rings. The molecule has 0 fully saturated rings. The molecule has 0 aliphatic heterocycles. The molecule has 144 valence electrons. The van der Waals surface area contributed by atoms with Gasteiger partial charge < -0.3 is 4.52 Å². The highest BCUT2D eigenvalue weighted by molar-refractivity contribution is 7.98. The van der Waals surface area contributed by atoms with E-state index in [1.165, 1.54) is 23.9 Å². The fourth-order valence-electron chi connectivity index (χ4n) is 2.34. The van der Waals surface area contributed by atoms with Crippen molar-refractivity contribution in [1.82, 2.24) is 30.3 Å². The number of thioether (sulfide) groups is 1. The summed E-state index contributed by atoms with van der Waals surface area (Å²) in [6.07, 6.45) is -4.43. The van der Waals surface area contributed by atoms with Crippen molar-refractivity contribution in [3.8, 4) is 11.4 Å². The first kappa shape index (κ1) is 18.6. The summed E-state index contributed by atoms with van der Waals surface area (Å²) < 4.78 is 45.4. The average molecular weight is 424 g/mol. The molecule has 0 unspecified atom stereocenters. The predicted molar refractivity (Wildman–Crippen MR) is 95.5 cm³/mol. The van der Waals surface area contributed by atoms with E-state index in [1.807, 2.05) is 17.5 Å². The fourth-order valence-corrected chi connectivity index (χ4v) is 3.74. The molecule has 0 spiro atoms. The highest BCUT2D eigenvalue weighted by atomic mass is 32.2. The van der Waals surface area contributed by atoms with E-state index >= 15 is 0 Å². The number of hydrogen-bond acceptors (Lipinski definition) is 8. The van der Waals surface area contributed by atoms with Gasteiger partial charge in [-0.15, -0.1) is 16.4 Å². The minimum Gasteiger partial charge on any atom is -0.338 e. The van der Waals surface area contributed by atoms with Crippen LogP contribution in [0.2, 0.25) is 0 Å². The van der Waals surface area contributed by atoms with Crippen LogP contribution in [0, 0.1) is 0 Å². The van der Waals surface area contributed by atoms with Crippen molar-refractivity contribution in [2.24, 2.45) is 0 Å². The van der Waals surface area contributed by atoms with E-state index < -0.39 is 11.7 Å². The summed E-state index contributed by atoms with van der Waals surface area (Å²) in [4.78, 5) is 5.28. The molecule has 28 heavy (non-hydrogen) atoms. The fraction of sp³-hybridized carbons (Fsp3) is 0.188. The second kappa shape index (κ2) is 7.72. The second-order valence-electron chi connectivity index (χ2n) is 5.58. The third kappa shape index (κ3) is 4.22. The van der Waals surface area contributed by atoms with Gasteiger partial charge in [0.25, 0.3) is 0 Å². The van der Waals surface area contributed by atoms with Crippen LogP contribution < -0.4 is 0 Å². The molecule has 12 heteroatoms. The van der Waals surface area contributed by atoms with E-state index in [-0.39, 0.29) is 23.0 Å². The lowest BCUT2D eigenvalue weighted by atomic mass is 10.1. The normalized spacial score (nSPS) is 11.8. The second-order valence-corrected chi connectivity index (χ2v) is 7.55. The molecule has 4 rings (SSSR count). The lowest BCUT2D eigenvalue weighted by molar-refractivity contribution is -0.137. The number of nitrogens with zero attached hydrogens (tertiary/aromatic N) is 6. The number of tetrazole rings is 1. The van der Waals surface area contributed by atoms with Gasteiger partial charge in [0.05, 0.1) is 17.9 Å². The largest absolute Gasteiger partial charge is 0.416 e. The summed E-state index contributed by atoms with van der Waals surface area (Å²) in [5, 5.41) is 17.9. The Hall–Kier alpha value is -2.73. The SMILES string of the molecule is FC(F)(F)c1cccc(-c2noc(CSc3nnnn3Cc3cccs3)n2)c1. The van der Waals surface area contributed by atoms with Gasteiger partial charge in [-0.1, -0.05) is 35.1 Å². The Bertz CT molecular complexity index is 1060. The number of hydrogen-bond donors (Lipinski definition) is 0. The van der Waals surface area contributed by atoms with E-state index in [4.69, 9.17) is 4.52 Å². The minimum absolute atomic E-state index is 0.0971. The van der Waals surface area contributed by atoms with Crippen LogP contribution in [0.4, 0.5) is 13.2 Å². The molecule has 1 aromatic carbocycles. The maximum Gasteiger partial charge on any atom is 0.416 e. The molecule has 0 radical (unpaired) electrons. The van der Waals surface area contributed by atoms with Gasteiger partial charge in [0.1, 0.15) is 0 Å². The number of rotatable bonds is 6. The van der Waals surface area contributed by atoms with Crippen molar-refractivity contribution in [2.75, 3.05) is 0 Å². The number of thiophene rings is 1. The summed E-state index contributed by atoms with van der Waals surface area (Å²) in [7, 11) is 0. The van der Waals surface area contributed by atoms with Gasteiger partial charge >= 0.3 is 6.18 Å². The molecule has 0 saturated heterocycles. The van der Waals surface area contributed by atoms with Crippen LogP contribution in [-0.2, 0) is 18.5 Å². The van der Waals surface area contributed by atoms with E-state index in [9.17, 15) is 13.2 Å². The first-order valence-corrected chi connectivity index (χ1v) is 9.77. The molecule has 0 N–H and O–H groups in total. The van der Waals surface area contributed by atoms with Crippen LogP contribution in [0.3, 0.4) is 0 Å². The maximum atomic E-state index is 12.9. The number of halogens is 3. The Kier molecular flexibility index (Phi) is 5.13. The highest BCUT2D eigenvalue weighted by Gasteiger charge is 2.30. The molecule has 0 saturated carbocycles. The Morgan fingerprint density at radius 2 is 2.07 bits per heavy atom. The molecule has 4 aromatic rings. The number of aromatic nitrogens is 6. The van der Waals surface area contributed by atoms with Crippen molar-refractivity contribution in [2.45, 2.75) is 23.6 Å². The van der Waals surface area contributed by atoms with Crippen LogP contribution in [0.15, 0.2) is 51.5 Å². The van der Waals surface area contributed by atoms with E-state index in [0.717, 1.165) is 17.0 Å². The van der Waals surface area contributed by atoms with Crippen LogP contribution in [0.1, 0.15) is 16.3 Å². The molecular weight excluding hydrogens is 413 g/mol.